The van der Waals surface area contributed by atoms with Crippen molar-refractivity contribution >= 4 is 6.29 Å². The van der Waals surface area contributed by atoms with Gasteiger partial charge in [-0.05, 0) is 11.6 Å². The van der Waals surface area contributed by atoms with E-state index in [-0.39, 0.29) is 12.0 Å². The minimum absolute atomic E-state index is 0.0185. The first-order chi connectivity index (χ1) is 6.05. The second-order valence-electron chi connectivity index (χ2n) is 2.53. The highest BCUT2D eigenvalue weighted by molar-refractivity contribution is 5.56. The van der Waals surface area contributed by atoms with Crippen LogP contribution in [0.4, 0.5) is 13.2 Å². The van der Waals surface area contributed by atoms with E-state index in [0.717, 1.165) is 6.07 Å². The third-order valence-electron chi connectivity index (χ3n) is 1.63. The Kier molecular flexibility index (Phi) is 2.70. The van der Waals surface area contributed by atoms with Crippen LogP contribution in [0, 0.1) is 0 Å². The van der Waals surface area contributed by atoms with E-state index in [1.807, 2.05) is 0 Å². The molecule has 1 aromatic rings. The maximum Gasteiger partial charge on any atom is 0.416 e. The molecule has 0 atom stereocenters. The van der Waals surface area contributed by atoms with Crippen LogP contribution in [0.2, 0.25) is 0 Å². The average molecular weight is 188 g/mol. The molecule has 13 heavy (non-hydrogen) atoms. The summed E-state index contributed by atoms with van der Waals surface area (Å²) in [5, 5.41) is 0. The lowest BCUT2D eigenvalue weighted by atomic mass is 10.1. The summed E-state index contributed by atoms with van der Waals surface area (Å²) >= 11 is 0. The number of hydrogen-bond acceptors (Lipinski definition) is 1. The zero-order valence-electron chi connectivity index (χ0n) is 6.64. The van der Waals surface area contributed by atoms with E-state index >= 15 is 0 Å². The van der Waals surface area contributed by atoms with Crippen LogP contribution in [0.3, 0.4) is 0 Å². The Labute approximate surface area is 73.2 Å². The molecule has 0 aliphatic heterocycles. The van der Waals surface area contributed by atoms with Gasteiger partial charge in [0.05, 0.1) is 5.56 Å². The maximum atomic E-state index is 12.3. The summed E-state index contributed by atoms with van der Waals surface area (Å²) in [4.78, 5) is 10.1. The summed E-state index contributed by atoms with van der Waals surface area (Å²) in [6.07, 6.45) is -4.11. The highest BCUT2D eigenvalue weighted by atomic mass is 19.4. The highest BCUT2D eigenvalue weighted by Gasteiger charge is 2.32. The third kappa shape index (κ3) is 2.31. The molecule has 0 saturated heterocycles. The monoisotopic (exact) mass is 188 g/mol. The van der Waals surface area contributed by atoms with Crippen LogP contribution in [0.5, 0.6) is 0 Å². The summed E-state index contributed by atoms with van der Waals surface area (Å²) < 4.78 is 36.8. The van der Waals surface area contributed by atoms with Gasteiger partial charge in [0.2, 0.25) is 0 Å². The second kappa shape index (κ2) is 3.60. The van der Waals surface area contributed by atoms with Gasteiger partial charge in [-0.3, -0.25) is 0 Å². The average Bonchev–Trinajstić information content (AvgIpc) is 2.04. The van der Waals surface area contributed by atoms with Crippen LogP contribution in [0.1, 0.15) is 11.1 Å². The molecule has 0 radical (unpaired) electrons. The molecule has 0 spiro atoms. The summed E-state index contributed by atoms with van der Waals surface area (Å²) in [6.45, 7) is 0. The maximum absolute atomic E-state index is 12.3. The van der Waals surface area contributed by atoms with Crippen molar-refractivity contribution in [2.45, 2.75) is 12.6 Å². The van der Waals surface area contributed by atoms with Crippen LogP contribution in [0.25, 0.3) is 0 Å². The molecule has 0 amide bonds. The van der Waals surface area contributed by atoms with Gasteiger partial charge in [0.1, 0.15) is 6.29 Å². The lowest BCUT2D eigenvalue weighted by Gasteiger charge is -2.09. The van der Waals surface area contributed by atoms with Gasteiger partial charge in [-0.25, -0.2) is 0 Å². The van der Waals surface area contributed by atoms with E-state index in [1.165, 1.54) is 18.2 Å². The minimum Gasteiger partial charge on any atom is -0.303 e. The number of carbonyl (C=O) groups is 1. The second-order valence-corrected chi connectivity index (χ2v) is 2.53. The Balaban J connectivity index is 3.11. The molecule has 0 unspecified atom stereocenters. The first-order valence-corrected chi connectivity index (χ1v) is 3.64. The normalized spacial score (nSPS) is 11.3. The lowest BCUT2D eigenvalue weighted by molar-refractivity contribution is -0.138. The van der Waals surface area contributed by atoms with Crippen molar-refractivity contribution in [2.24, 2.45) is 0 Å². The van der Waals surface area contributed by atoms with Crippen molar-refractivity contribution < 1.29 is 18.0 Å². The first-order valence-electron chi connectivity index (χ1n) is 3.64. The summed E-state index contributed by atoms with van der Waals surface area (Å²) in [7, 11) is 0. The number of halogens is 3. The van der Waals surface area contributed by atoms with Gasteiger partial charge in [0.15, 0.2) is 0 Å². The standard InChI is InChI=1S/C9H7F3O/c10-9(11,12)8-4-2-1-3-7(8)5-6-13/h1-4,6H,5H2. The number of rotatable bonds is 2. The zero-order valence-corrected chi connectivity index (χ0v) is 6.64. The number of alkyl halides is 3. The van der Waals surface area contributed by atoms with Crippen LogP contribution in [-0.4, -0.2) is 6.29 Å². The van der Waals surface area contributed by atoms with Gasteiger partial charge in [-0.1, -0.05) is 18.2 Å². The largest absolute Gasteiger partial charge is 0.416 e. The highest BCUT2D eigenvalue weighted by Crippen LogP contribution is 2.31. The van der Waals surface area contributed by atoms with Crippen molar-refractivity contribution in [3.63, 3.8) is 0 Å². The Morgan fingerprint density at radius 2 is 1.85 bits per heavy atom. The van der Waals surface area contributed by atoms with E-state index < -0.39 is 11.7 Å². The van der Waals surface area contributed by atoms with Crippen molar-refractivity contribution in [3.05, 3.63) is 35.4 Å². The molecule has 70 valence electrons. The van der Waals surface area contributed by atoms with Crippen molar-refractivity contribution in [1.82, 2.24) is 0 Å². The fraction of sp³-hybridized carbons (Fsp3) is 0.222. The number of hydrogen-bond donors (Lipinski definition) is 0. The Bertz CT molecular complexity index is 304. The van der Waals surface area contributed by atoms with E-state index in [1.54, 1.807) is 0 Å². The van der Waals surface area contributed by atoms with Crippen molar-refractivity contribution in [2.75, 3.05) is 0 Å². The van der Waals surface area contributed by atoms with Gasteiger partial charge in [0, 0.05) is 6.42 Å². The molecule has 1 nitrogen and oxygen atoms in total. The molecule has 0 bridgehead atoms. The van der Waals surface area contributed by atoms with Crippen molar-refractivity contribution in [1.29, 1.82) is 0 Å². The molecule has 0 fully saturated rings. The Hall–Kier alpha value is -1.32. The van der Waals surface area contributed by atoms with Crippen molar-refractivity contribution in [3.8, 4) is 0 Å². The molecule has 0 N–H and O–H groups in total. The van der Waals surface area contributed by atoms with E-state index in [0.29, 0.717) is 6.29 Å². The fourth-order valence-corrected chi connectivity index (χ4v) is 1.06. The number of benzene rings is 1. The van der Waals surface area contributed by atoms with E-state index in [2.05, 4.69) is 0 Å². The molecule has 0 saturated carbocycles. The number of aldehydes is 1. The molecule has 0 aliphatic carbocycles. The third-order valence-corrected chi connectivity index (χ3v) is 1.63. The summed E-state index contributed by atoms with van der Waals surface area (Å²) in [5.74, 6) is 0. The predicted molar refractivity (Wildman–Crippen MR) is 41.2 cm³/mol. The lowest BCUT2D eigenvalue weighted by Crippen LogP contribution is -2.09. The van der Waals surface area contributed by atoms with Crippen LogP contribution < -0.4 is 0 Å². The van der Waals surface area contributed by atoms with Crippen LogP contribution in [-0.2, 0) is 17.4 Å². The molecule has 1 rings (SSSR count). The number of carbonyl (C=O) groups excluding carboxylic acids is 1. The molecular formula is C9H7F3O. The fourth-order valence-electron chi connectivity index (χ4n) is 1.06. The van der Waals surface area contributed by atoms with Gasteiger partial charge in [0.25, 0.3) is 0 Å². The Morgan fingerprint density at radius 3 is 2.38 bits per heavy atom. The zero-order chi connectivity index (χ0) is 9.90. The molecule has 4 heteroatoms. The predicted octanol–water partition coefficient (Wildman–Crippen LogP) is 2.45. The van der Waals surface area contributed by atoms with Gasteiger partial charge in [-0.15, -0.1) is 0 Å². The molecule has 1 aromatic carbocycles. The topological polar surface area (TPSA) is 17.1 Å². The summed E-state index contributed by atoms with van der Waals surface area (Å²) in [5.41, 5.74) is -0.716. The minimum atomic E-state index is -4.38. The van der Waals surface area contributed by atoms with E-state index in [9.17, 15) is 18.0 Å². The quantitative estimate of drug-likeness (QED) is 0.651. The summed E-state index contributed by atoms with van der Waals surface area (Å²) in [6, 6.07) is 5.06. The SMILES string of the molecule is O=CCc1ccccc1C(F)(F)F. The first kappa shape index (κ1) is 9.77. The molecule has 0 aliphatic rings. The van der Waals surface area contributed by atoms with Crippen LogP contribution >= 0.6 is 0 Å². The van der Waals surface area contributed by atoms with Crippen LogP contribution in [0.15, 0.2) is 24.3 Å². The smallest absolute Gasteiger partial charge is 0.303 e. The molecule has 0 aromatic heterocycles. The molecular weight excluding hydrogens is 181 g/mol. The Morgan fingerprint density at radius 1 is 1.23 bits per heavy atom. The van der Waals surface area contributed by atoms with Gasteiger partial charge in [-0.2, -0.15) is 13.2 Å². The van der Waals surface area contributed by atoms with Gasteiger partial charge < -0.3 is 4.79 Å². The van der Waals surface area contributed by atoms with Gasteiger partial charge >= 0.3 is 6.18 Å². The molecule has 0 heterocycles. The van der Waals surface area contributed by atoms with E-state index in [4.69, 9.17) is 0 Å².